The summed E-state index contributed by atoms with van der Waals surface area (Å²) < 4.78 is 0. The average Bonchev–Trinajstić information content (AvgIpc) is 2.12. The summed E-state index contributed by atoms with van der Waals surface area (Å²) in [7, 11) is 0. The van der Waals surface area contributed by atoms with Gasteiger partial charge in [0.25, 0.3) is 0 Å². The van der Waals surface area contributed by atoms with Gasteiger partial charge in [-0.2, -0.15) is 11.8 Å². The SMILES string of the molecule is CCSCCCC1(N)CCCC(C)C1. The van der Waals surface area contributed by atoms with Gasteiger partial charge in [0.1, 0.15) is 0 Å². The Morgan fingerprint density at radius 1 is 1.50 bits per heavy atom. The van der Waals surface area contributed by atoms with Crippen molar-refractivity contribution >= 4 is 11.8 Å². The molecule has 1 aliphatic rings. The fraction of sp³-hybridized carbons (Fsp3) is 1.00. The van der Waals surface area contributed by atoms with Gasteiger partial charge in [-0.3, -0.25) is 0 Å². The maximum absolute atomic E-state index is 6.42. The molecule has 2 N–H and O–H groups in total. The average molecular weight is 215 g/mol. The highest BCUT2D eigenvalue weighted by atomic mass is 32.2. The van der Waals surface area contributed by atoms with Crippen molar-refractivity contribution < 1.29 is 0 Å². The van der Waals surface area contributed by atoms with Gasteiger partial charge in [0, 0.05) is 5.54 Å². The van der Waals surface area contributed by atoms with Crippen LogP contribution in [0.2, 0.25) is 0 Å². The van der Waals surface area contributed by atoms with Crippen molar-refractivity contribution in [2.75, 3.05) is 11.5 Å². The van der Waals surface area contributed by atoms with Crippen molar-refractivity contribution in [3.05, 3.63) is 0 Å². The Kier molecular flexibility index (Phi) is 5.32. The third-order valence-corrected chi connectivity index (χ3v) is 4.28. The molecule has 1 aliphatic carbocycles. The molecule has 2 unspecified atom stereocenters. The smallest absolute Gasteiger partial charge is 0.0157 e. The zero-order chi connectivity index (χ0) is 10.4. The molecule has 0 heterocycles. The molecule has 1 fully saturated rings. The van der Waals surface area contributed by atoms with Crippen molar-refractivity contribution in [2.45, 2.75) is 57.9 Å². The maximum atomic E-state index is 6.42. The molecule has 0 amide bonds. The number of thioether (sulfide) groups is 1. The molecule has 1 rings (SSSR count). The number of rotatable bonds is 5. The summed E-state index contributed by atoms with van der Waals surface area (Å²) in [6.45, 7) is 4.58. The van der Waals surface area contributed by atoms with Crippen molar-refractivity contribution in [3.63, 3.8) is 0 Å². The Morgan fingerprint density at radius 3 is 2.93 bits per heavy atom. The minimum absolute atomic E-state index is 0.186. The lowest BCUT2D eigenvalue weighted by Crippen LogP contribution is -2.43. The van der Waals surface area contributed by atoms with Crippen molar-refractivity contribution in [2.24, 2.45) is 11.7 Å². The Hall–Kier alpha value is 0.310. The van der Waals surface area contributed by atoms with Crippen LogP contribution in [0.1, 0.15) is 52.4 Å². The highest BCUT2D eigenvalue weighted by molar-refractivity contribution is 7.99. The van der Waals surface area contributed by atoms with Crippen LogP contribution in [0, 0.1) is 5.92 Å². The van der Waals surface area contributed by atoms with Crippen molar-refractivity contribution in [1.82, 2.24) is 0 Å². The van der Waals surface area contributed by atoms with Gasteiger partial charge >= 0.3 is 0 Å². The first-order valence-corrected chi connectivity index (χ1v) is 7.18. The molecule has 0 aromatic heterocycles. The van der Waals surface area contributed by atoms with E-state index in [2.05, 4.69) is 13.8 Å². The standard InChI is InChI=1S/C12H25NS/c1-3-14-9-5-8-12(13)7-4-6-11(2)10-12/h11H,3-10,13H2,1-2H3. The van der Waals surface area contributed by atoms with Gasteiger partial charge in [0.2, 0.25) is 0 Å². The topological polar surface area (TPSA) is 26.0 Å². The van der Waals surface area contributed by atoms with E-state index in [-0.39, 0.29) is 5.54 Å². The number of nitrogens with two attached hydrogens (primary N) is 1. The fourth-order valence-electron chi connectivity index (χ4n) is 2.60. The monoisotopic (exact) mass is 215 g/mol. The molecule has 2 atom stereocenters. The zero-order valence-corrected chi connectivity index (χ0v) is 10.5. The summed E-state index contributed by atoms with van der Waals surface area (Å²) >= 11 is 2.04. The normalized spacial score (nSPS) is 33.2. The van der Waals surface area contributed by atoms with E-state index in [1.807, 2.05) is 11.8 Å². The van der Waals surface area contributed by atoms with Crippen LogP contribution in [-0.2, 0) is 0 Å². The first-order valence-electron chi connectivity index (χ1n) is 6.03. The molecule has 0 spiro atoms. The largest absolute Gasteiger partial charge is 0.325 e. The quantitative estimate of drug-likeness (QED) is 0.711. The molecule has 84 valence electrons. The van der Waals surface area contributed by atoms with Gasteiger partial charge in [0.05, 0.1) is 0 Å². The summed E-state index contributed by atoms with van der Waals surface area (Å²) in [5.74, 6) is 3.39. The molecule has 0 aromatic carbocycles. The first kappa shape index (κ1) is 12.4. The lowest BCUT2D eigenvalue weighted by atomic mass is 9.75. The third kappa shape index (κ3) is 4.22. The molecule has 1 saturated carbocycles. The second-order valence-electron chi connectivity index (χ2n) is 4.86. The van der Waals surface area contributed by atoms with E-state index in [1.165, 1.54) is 50.0 Å². The van der Waals surface area contributed by atoms with E-state index in [9.17, 15) is 0 Å². The molecule has 0 aromatic rings. The summed E-state index contributed by atoms with van der Waals surface area (Å²) in [4.78, 5) is 0. The number of hydrogen-bond donors (Lipinski definition) is 1. The molecule has 14 heavy (non-hydrogen) atoms. The first-order chi connectivity index (χ1) is 6.66. The van der Waals surface area contributed by atoms with E-state index in [1.54, 1.807) is 0 Å². The van der Waals surface area contributed by atoms with Crippen molar-refractivity contribution in [1.29, 1.82) is 0 Å². The molecular formula is C12H25NS. The summed E-state index contributed by atoms with van der Waals surface area (Å²) in [6.07, 6.45) is 7.80. The zero-order valence-electron chi connectivity index (χ0n) is 9.72. The second-order valence-corrected chi connectivity index (χ2v) is 6.26. The van der Waals surface area contributed by atoms with E-state index >= 15 is 0 Å². The predicted octanol–water partition coefficient (Wildman–Crippen LogP) is 3.43. The lowest BCUT2D eigenvalue weighted by Gasteiger charge is -2.37. The van der Waals surface area contributed by atoms with E-state index < -0.39 is 0 Å². The highest BCUT2D eigenvalue weighted by Gasteiger charge is 2.29. The van der Waals surface area contributed by atoms with Crippen LogP contribution < -0.4 is 5.73 Å². The van der Waals surface area contributed by atoms with E-state index in [4.69, 9.17) is 5.73 Å². The predicted molar refractivity (Wildman–Crippen MR) is 66.8 cm³/mol. The van der Waals surface area contributed by atoms with Gasteiger partial charge < -0.3 is 5.73 Å². The van der Waals surface area contributed by atoms with E-state index in [0.29, 0.717) is 0 Å². The fourth-order valence-corrected chi connectivity index (χ4v) is 3.24. The van der Waals surface area contributed by atoms with Crippen LogP contribution in [-0.4, -0.2) is 17.0 Å². The third-order valence-electron chi connectivity index (χ3n) is 3.29. The van der Waals surface area contributed by atoms with Crippen LogP contribution in [0.5, 0.6) is 0 Å². The number of hydrogen-bond acceptors (Lipinski definition) is 2. The summed E-state index contributed by atoms with van der Waals surface area (Å²) in [5.41, 5.74) is 6.61. The van der Waals surface area contributed by atoms with Gasteiger partial charge in [-0.1, -0.05) is 26.7 Å². The molecule has 0 aliphatic heterocycles. The lowest BCUT2D eigenvalue weighted by molar-refractivity contribution is 0.222. The van der Waals surface area contributed by atoms with Crippen LogP contribution in [0.4, 0.5) is 0 Å². The Labute approximate surface area is 93.2 Å². The van der Waals surface area contributed by atoms with Gasteiger partial charge in [-0.25, -0.2) is 0 Å². The van der Waals surface area contributed by atoms with Crippen molar-refractivity contribution in [3.8, 4) is 0 Å². The minimum Gasteiger partial charge on any atom is -0.325 e. The Balaban J connectivity index is 2.19. The maximum Gasteiger partial charge on any atom is 0.0157 e. The van der Waals surface area contributed by atoms with E-state index in [0.717, 1.165) is 5.92 Å². The summed E-state index contributed by atoms with van der Waals surface area (Å²) in [5, 5.41) is 0. The van der Waals surface area contributed by atoms with Gasteiger partial charge in [-0.15, -0.1) is 0 Å². The Morgan fingerprint density at radius 2 is 2.29 bits per heavy atom. The minimum atomic E-state index is 0.186. The molecule has 0 saturated heterocycles. The molecule has 0 radical (unpaired) electrons. The van der Waals surface area contributed by atoms with Crippen LogP contribution >= 0.6 is 11.8 Å². The van der Waals surface area contributed by atoms with Crippen LogP contribution in [0.3, 0.4) is 0 Å². The molecular weight excluding hydrogens is 190 g/mol. The van der Waals surface area contributed by atoms with Crippen LogP contribution in [0.25, 0.3) is 0 Å². The molecule has 2 heteroatoms. The Bertz CT molecular complexity index is 160. The van der Waals surface area contributed by atoms with Crippen LogP contribution in [0.15, 0.2) is 0 Å². The molecule has 0 bridgehead atoms. The highest BCUT2D eigenvalue weighted by Crippen LogP contribution is 2.33. The molecule has 1 nitrogen and oxygen atoms in total. The van der Waals surface area contributed by atoms with Gasteiger partial charge in [-0.05, 0) is 43.1 Å². The second kappa shape index (κ2) is 6.02. The van der Waals surface area contributed by atoms with Gasteiger partial charge in [0.15, 0.2) is 0 Å². The summed E-state index contributed by atoms with van der Waals surface area (Å²) in [6, 6.07) is 0.